The number of nitrogens with zero attached hydrogens (tertiary/aromatic N) is 4. The normalized spacial score (nSPS) is 24.2. The highest BCUT2D eigenvalue weighted by atomic mass is 19.1. The molecule has 3 unspecified atom stereocenters. The molecule has 126 heavy (non-hydrogen) atoms. The van der Waals surface area contributed by atoms with Gasteiger partial charge in [-0.15, -0.1) is 0 Å². The molecule has 27 rings (SSSR count). The van der Waals surface area contributed by atoms with E-state index in [-0.39, 0.29) is 11.6 Å². The Bertz CT molecular complexity index is 6530. The predicted molar refractivity (Wildman–Crippen MR) is 519 cm³/mol. The molecule has 4 aromatic heterocycles. The number of pyridine rings is 4. The Kier molecular flexibility index (Phi) is 22.7. The summed E-state index contributed by atoms with van der Waals surface area (Å²) in [5.41, 5.74) is 32.1. The van der Waals surface area contributed by atoms with Gasteiger partial charge in [0, 0.05) is 68.7 Å². The highest BCUT2D eigenvalue weighted by Gasteiger charge is 2.52. The average molecular weight is 1670 g/mol. The van der Waals surface area contributed by atoms with Crippen LogP contribution in [0.4, 0.5) is 8.78 Å². The van der Waals surface area contributed by atoms with E-state index < -0.39 is 0 Å². The van der Waals surface area contributed by atoms with E-state index >= 15 is 4.39 Å². The molecular weight excluding hydrogens is 1540 g/mol. The van der Waals surface area contributed by atoms with Crippen LogP contribution in [0.15, 0.2) is 218 Å². The lowest BCUT2D eigenvalue weighted by atomic mass is 9.48. The molecule has 13 aliphatic carbocycles. The predicted octanol–water partition coefficient (Wildman–Crippen LogP) is 29.4. The maximum absolute atomic E-state index is 15.1. The fourth-order valence-corrected chi connectivity index (χ4v) is 27.2. The third-order valence-electron chi connectivity index (χ3n) is 34.2. The molecule has 0 N–H and O–H groups in total. The van der Waals surface area contributed by atoms with Gasteiger partial charge in [0.25, 0.3) is 0 Å². The topological polar surface area (TPSA) is 15.5 Å². The van der Waals surface area contributed by atoms with Gasteiger partial charge in [-0.2, -0.15) is 18.3 Å². The summed E-state index contributed by atoms with van der Waals surface area (Å²) in [6.07, 6.45) is 30.2. The Balaban J connectivity index is 0.000000106. The summed E-state index contributed by atoms with van der Waals surface area (Å²) in [5.74, 6) is 10.4. The summed E-state index contributed by atoms with van der Waals surface area (Å²) in [6.45, 7) is 21.2. The van der Waals surface area contributed by atoms with Gasteiger partial charge in [-0.3, -0.25) is 0 Å². The van der Waals surface area contributed by atoms with Crippen LogP contribution in [-0.2, 0) is 33.6 Å². The van der Waals surface area contributed by atoms with Crippen molar-refractivity contribution < 1.29 is 27.0 Å². The second kappa shape index (κ2) is 34.0. The molecule has 0 amide bonds. The summed E-state index contributed by atoms with van der Waals surface area (Å²) >= 11 is 0. The quantitative estimate of drug-likeness (QED) is 0.121. The first kappa shape index (κ1) is 83.9. The van der Waals surface area contributed by atoms with Crippen LogP contribution in [0.3, 0.4) is 0 Å². The number of fused-ring (bicyclic) bond motifs is 13. The van der Waals surface area contributed by atoms with Crippen molar-refractivity contribution in [3.05, 3.63) is 308 Å². The van der Waals surface area contributed by atoms with Gasteiger partial charge >= 0.3 is 0 Å². The average Bonchev–Trinajstić information content (AvgIpc) is 0.723. The minimum Gasteiger partial charge on any atom is -0.206 e. The number of hydrogen-bond acceptors (Lipinski definition) is 0. The van der Waals surface area contributed by atoms with Gasteiger partial charge in [-0.05, 0) is 363 Å². The van der Waals surface area contributed by atoms with E-state index in [1.807, 2.05) is 63.2 Å². The molecule has 10 bridgehead atoms. The first-order valence-electron chi connectivity index (χ1n) is 48.5. The van der Waals surface area contributed by atoms with Gasteiger partial charge in [-0.1, -0.05) is 178 Å². The van der Waals surface area contributed by atoms with E-state index in [0.717, 1.165) is 104 Å². The molecular formula is C120H132F2N4+4. The molecule has 3 atom stereocenters. The molecule has 0 radical (unpaired) electrons. The van der Waals surface area contributed by atoms with Crippen molar-refractivity contribution in [1.29, 1.82) is 0 Å². The van der Waals surface area contributed by atoms with Gasteiger partial charge < -0.3 is 0 Å². The molecule has 13 saturated carbocycles. The fraction of sp³-hybridized carbons (Fsp3) is 0.400. The first-order chi connectivity index (χ1) is 60.9. The highest BCUT2D eigenvalue weighted by Crippen LogP contribution is 2.62. The van der Waals surface area contributed by atoms with Crippen LogP contribution in [0.25, 0.3) is 110 Å². The lowest BCUT2D eigenvalue weighted by Gasteiger charge is -2.57. The number of rotatable bonds is 10. The molecule has 6 heteroatoms. The van der Waals surface area contributed by atoms with Crippen molar-refractivity contribution in [2.24, 2.45) is 81.5 Å². The summed E-state index contributed by atoms with van der Waals surface area (Å²) in [5, 5.41) is 10.7. The maximum Gasteiger partial charge on any atom is 0.220 e. The van der Waals surface area contributed by atoms with Gasteiger partial charge in [0.2, 0.25) is 22.8 Å². The van der Waals surface area contributed by atoms with Crippen molar-refractivity contribution in [3.63, 3.8) is 0 Å². The minimum absolute atomic E-state index is 0.0782. The zero-order valence-corrected chi connectivity index (χ0v) is 77.6. The van der Waals surface area contributed by atoms with Gasteiger partial charge in [0.1, 0.15) is 39.8 Å². The monoisotopic (exact) mass is 1670 g/mol. The van der Waals surface area contributed by atoms with Crippen LogP contribution < -0.4 is 18.3 Å². The lowest BCUT2D eigenvalue weighted by molar-refractivity contribution is -0.665. The van der Waals surface area contributed by atoms with Crippen molar-refractivity contribution >= 4 is 43.1 Å². The molecule has 0 aliphatic heterocycles. The van der Waals surface area contributed by atoms with E-state index in [4.69, 9.17) is 0 Å². The van der Waals surface area contributed by atoms with Crippen molar-refractivity contribution in [2.45, 2.75) is 227 Å². The molecule has 4 nitrogen and oxygen atoms in total. The lowest BCUT2D eigenvalue weighted by Crippen LogP contribution is -2.48. The number of aromatic nitrogens is 4. The van der Waals surface area contributed by atoms with Crippen LogP contribution >= 0.6 is 0 Å². The Morgan fingerprint density at radius 1 is 0.270 bits per heavy atom. The Morgan fingerprint density at radius 3 is 1.07 bits per heavy atom. The standard InChI is InChI=1S/C32H33FN.C32H34N.C28H33FN.C28H32N/c1-20-15-31(33)30(23-7-5-4-6-8-23)19-28(20)32-27-14-13-25(18-26(27)16-21(2)34(32)3)29-17-22-9-11-24(29)12-10-22;1-21-17-26(24-7-5-4-6-8-24)13-15-29(21)32-30-16-14-27(20-28(30)18-22(2)33(32)3)31-19-23-9-11-25(31)12-10-23;1-16-12-25(18(3)19(4)27(16)29)28-24-11-10-22(15-23(24)13-17(2)30(28)5)26-14-20-6-8-21(26)9-7-20;1-18-6-4-5-7-25(18)27-26-9-8-24(14-23(26)10-19(2)29(27)3)28-15-20-11-21(16-28)13-22(12-20)17-28/h4-8,13-16,18-19,22,24,29H,9-12,17H2,1-3H3;4-8,13-18,20,23,25,31H,9-12,19H2,1-3H3;10-13,15,20-21,26H,6-9,14H2,1-5H3;4-10,14,20-22H,11-13,15-17H2,1-3H3/q4*+1. The van der Waals surface area contributed by atoms with Gasteiger partial charge in [-0.25, -0.2) is 8.78 Å². The van der Waals surface area contributed by atoms with Crippen molar-refractivity contribution in [2.75, 3.05) is 0 Å². The smallest absolute Gasteiger partial charge is 0.206 e. The van der Waals surface area contributed by atoms with Crippen LogP contribution in [-0.4, -0.2) is 0 Å². The largest absolute Gasteiger partial charge is 0.220 e. The summed E-state index contributed by atoms with van der Waals surface area (Å²) in [7, 11) is 8.68. The fourth-order valence-electron chi connectivity index (χ4n) is 27.2. The first-order valence-corrected chi connectivity index (χ1v) is 48.5. The summed E-state index contributed by atoms with van der Waals surface area (Å²) in [4.78, 5) is 0. The van der Waals surface area contributed by atoms with E-state index in [9.17, 15) is 4.39 Å². The molecule has 0 spiro atoms. The Morgan fingerprint density at radius 2 is 0.651 bits per heavy atom. The molecule has 10 aromatic carbocycles. The number of aryl methyl sites for hydroxylation is 8. The van der Waals surface area contributed by atoms with Crippen molar-refractivity contribution in [1.82, 2.24) is 0 Å². The van der Waals surface area contributed by atoms with E-state index in [1.165, 1.54) is 268 Å². The molecule has 14 aromatic rings. The maximum atomic E-state index is 15.1. The Labute approximate surface area is 749 Å². The number of benzene rings is 10. The second-order valence-electron chi connectivity index (χ2n) is 41.7. The third-order valence-corrected chi connectivity index (χ3v) is 34.2. The van der Waals surface area contributed by atoms with Gasteiger partial charge in [0.15, 0.2) is 22.8 Å². The molecule has 13 aliphatic rings. The zero-order chi connectivity index (χ0) is 86.8. The number of halogens is 2. The summed E-state index contributed by atoms with van der Waals surface area (Å²) in [6, 6.07) is 80.7. The SMILES string of the molecule is Cc1cc(-c2c3ccc(C4CC5CCC4CC5)cc3cc(C)[n+]2C)c(C)c(C)c1F.Cc1cc(-c2ccccc2)ccc1-c1c2ccc(C3CC4CCC3CC4)cc2cc(C)[n+]1C.Cc1cc(F)c(-c2ccccc2)cc1-c1c2ccc(C3CC4CCC3CC4)cc2cc(C)[n+]1C.Cc1ccccc1-c1c2ccc(C34CC5CC(CC(C5)C3)C4)cc2cc(C)[n+]1C. The Hall–Kier alpha value is -10.3. The highest BCUT2D eigenvalue weighted by molar-refractivity contribution is 5.98. The minimum atomic E-state index is -0.165. The molecule has 13 fully saturated rings. The van der Waals surface area contributed by atoms with Gasteiger partial charge in [0.05, 0.1) is 32.7 Å². The number of hydrogen-bond donors (Lipinski definition) is 0. The van der Waals surface area contributed by atoms with E-state index in [0.29, 0.717) is 16.9 Å². The van der Waals surface area contributed by atoms with Crippen LogP contribution in [0.2, 0.25) is 0 Å². The van der Waals surface area contributed by atoms with E-state index in [2.05, 4.69) is 265 Å². The molecule has 0 saturated heterocycles. The molecule has 642 valence electrons. The van der Waals surface area contributed by atoms with E-state index in [1.54, 1.807) is 17.2 Å². The zero-order valence-electron chi connectivity index (χ0n) is 77.6. The van der Waals surface area contributed by atoms with Crippen LogP contribution in [0, 0.1) is 134 Å². The third kappa shape index (κ3) is 15.6. The van der Waals surface area contributed by atoms with Crippen LogP contribution in [0.1, 0.15) is 231 Å². The molecule has 4 heterocycles. The van der Waals surface area contributed by atoms with Crippen LogP contribution in [0.5, 0.6) is 0 Å². The van der Waals surface area contributed by atoms with Crippen molar-refractivity contribution in [3.8, 4) is 67.3 Å². The summed E-state index contributed by atoms with van der Waals surface area (Å²) < 4.78 is 38.8. The second-order valence-corrected chi connectivity index (χ2v) is 41.7.